The van der Waals surface area contributed by atoms with Gasteiger partial charge in [0.25, 0.3) is 0 Å². The van der Waals surface area contributed by atoms with E-state index in [9.17, 15) is 4.79 Å². The van der Waals surface area contributed by atoms with Crippen LogP contribution in [0.5, 0.6) is 5.75 Å². The van der Waals surface area contributed by atoms with Crippen molar-refractivity contribution in [2.75, 3.05) is 19.7 Å². The molecule has 0 N–H and O–H groups in total. The molecule has 0 unspecified atom stereocenters. The predicted molar refractivity (Wildman–Crippen MR) is 86.2 cm³/mol. The predicted octanol–water partition coefficient (Wildman–Crippen LogP) is 3.70. The van der Waals surface area contributed by atoms with Gasteiger partial charge in [0.15, 0.2) is 5.78 Å². The molecule has 0 amide bonds. The summed E-state index contributed by atoms with van der Waals surface area (Å²) in [6.07, 6.45) is 4.53. The van der Waals surface area contributed by atoms with Crippen molar-refractivity contribution in [1.29, 1.82) is 0 Å². The first-order valence-corrected chi connectivity index (χ1v) is 8.14. The second kappa shape index (κ2) is 7.60. The molecular formula is C18H27NO2. The lowest BCUT2D eigenvalue weighted by atomic mass is 10.0. The molecule has 3 heteroatoms. The number of hydrogen-bond donors (Lipinski definition) is 0. The Bertz CT molecular complexity index is 482. The average Bonchev–Trinajstić information content (AvgIpc) is 2.93. The van der Waals surface area contributed by atoms with Gasteiger partial charge in [0, 0.05) is 18.0 Å². The van der Waals surface area contributed by atoms with Crippen LogP contribution < -0.4 is 4.74 Å². The van der Waals surface area contributed by atoms with Gasteiger partial charge in [-0.25, -0.2) is 0 Å². The highest BCUT2D eigenvalue weighted by molar-refractivity contribution is 5.98. The summed E-state index contributed by atoms with van der Waals surface area (Å²) in [6.45, 7) is 8.79. The van der Waals surface area contributed by atoms with E-state index in [0.29, 0.717) is 12.6 Å². The van der Waals surface area contributed by atoms with E-state index in [2.05, 4.69) is 25.7 Å². The van der Waals surface area contributed by atoms with Gasteiger partial charge < -0.3 is 4.74 Å². The molecule has 2 rings (SSSR count). The fourth-order valence-electron chi connectivity index (χ4n) is 2.72. The highest BCUT2D eigenvalue weighted by atomic mass is 16.5. The van der Waals surface area contributed by atoms with Crippen LogP contribution in [0.2, 0.25) is 0 Å². The Morgan fingerprint density at radius 3 is 2.86 bits per heavy atom. The number of benzene rings is 1. The minimum atomic E-state index is 0.217. The Morgan fingerprint density at radius 1 is 1.33 bits per heavy atom. The molecular weight excluding hydrogens is 262 g/mol. The summed E-state index contributed by atoms with van der Waals surface area (Å²) in [4.78, 5) is 14.8. The molecule has 21 heavy (non-hydrogen) atoms. The third kappa shape index (κ3) is 4.31. The van der Waals surface area contributed by atoms with Crippen molar-refractivity contribution in [3.05, 3.63) is 29.3 Å². The zero-order chi connectivity index (χ0) is 15.2. The van der Waals surface area contributed by atoms with Crippen LogP contribution in [-0.2, 0) is 6.42 Å². The molecule has 0 aliphatic carbocycles. The van der Waals surface area contributed by atoms with Crippen molar-refractivity contribution in [1.82, 2.24) is 4.90 Å². The number of carbonyl (C=O) groups excluding carboxylic acids is 1. The number of nitrogens with zero attached hydrogens (tertiary/aromatic N) is 1. The number of unbranched alkanes of at least 4 members (excludes halogenated alkanes) is 2. The second-order valence-corrected chi connectivity index (χ2v) is 6.12. The van der Waals surface area contributed by atoms with Crippen LogP contribution in [0.3, 0.4) is 0 Å². The molecule has 0 fully saturated rings. The van der Waals surface area contributed by atoms with E-state index in [-0.39, 0.29) is 5.78 Å². The molecule has 0 aromatic heterocycles. The quantitative estimate of drug-likeness (QED) is 0.540. The average molecular weight is 289 g/mol. The number of hydrogen-bond acceptors (Lipinski definition) is 3. The molecule has 0 saturated heterocycles. The molecule has 0 spiro atoms. The number of ketones is 1. The zero-order valence-electron chi connectivity index (χ0n) is 13.5. The third-order valence-electron chi connectivity index (χ3n) is 4.14. The number of Topliss-reactive ketones (excluding diaryl/α,β-unsaturated/α-hetero) is 1. The molecule has 0 bridgehead atoms. The Morgan fingerprint density at radius 2 is 2.14 bits per heavy atom. The van der Waals surface area contributed by atoms with Crippen LogP contribution in [0.25, 0.3) is 0 Å². The van der Waals surface area contributed by atoms with Crippen molar-refractivity contribution in [3.63, 3.8) is 0 Å². The highest BCUT2D eigenvalue weighted by Gasteiger charge is 2.18. The van der Waals surface area contributed by atoms with E-state index < -0.39 is 0 Å². The van der Waals surface area contributed by atoms with Gasteiger partial charge >= 0.3 is 0 Å². The highest BCUT2D eigenvalue weighted by Crippen LogP contribution is 2.26. The van der Waals surface area contributed by atoms with E-state index in [1.165, 1.54) is 24.8 Å². The first-order chi connectivity index (χ1) is 10.1. The van der Waals surface area contributed by atoms with Gasteiger partial charge in [-0.05, 0) is 50.6 Å². The molecule has 3 nitrogen and oxygen atoms in total. The van der Waals surface area contributed by atoms with Crippen LogP contribution in [-0.4, -0.2) is 36.4 Å². The summed E-state index contributed by atoms with van der Waals surface area (Å²) in [5, 5.41) is 0. The fourth-order valence-corrected chi connectivity index (χ4v) is 2.72. The SMILES string of the molecule is CCCCCN(CC(=O)c1ccc2c(c1)CCO2)C(C)C. The van der Waals surface area contributed by atoms with Crippen LogP contribution in [0.1, 0.15) is 56.0 Å². The van der Waals surface area contributed by atoms with Gasteiger partial charge in [-0.1, -0.05) is 19.8 Å². The van der Waals surface area contributed by atoms with Gasteiger partial charge in [0.2, 0.25) is 0 Å². The van der Waals surface area contributed by atoms with Gasteiger partial charge in [0.1, 0.15) is 5.75 Å². The van der Waals surface area contributed by atoms with Crippen molar-refractivity contribution < 1.29 is 9.53 Å². The summed E-state index contributed by atoms with van der Waals surface area (Å²) >= 11 is 0. The van der Waals surface area contributed by atoms with Crippen LogP contribution in [0.4, 0.5) is 0 Å². The second-order valence-electron chi connectivity index (χ2n) is 6.12. The Balaban J connectivity index is 1.98. The van der Waals surface area contributed by atoms with Crippen molar-refractivity contribution in [3.8, 4) is 5.75 Å². The van der Waals surface area contributed by atoms with Crippen molar-refractivity contribution in [2.45, 2.75) is 52.5 Å². The molecule has 0 atom stereocenters. The molecule has 0 radical (unpaired) electrons. The fraction of sp³-hybridized carbons (Fsp3) is 0.611. The van der Waals surface area contributed by atoms with E-state index in [1.807, 2.05) is 18.2 Å². The maximum atomic E-state index is 12.5. The van der Waals surface area contributed by atoms with Crippen LogP contribution in [0.15, 0.2) is 18.2 Å². The maximum absolute atomic E-state index is 12.5. The van der Waals surface area contributed by atoms with Gasteiger partial charge in [-0.15, -0.1) is 0 Å². The summed E-state index contributed by atoms with van der Waals surface area (Å²) in [6, 6.07) is 6.25. The molecule has 1 aliphatic rings. The number of fused-ring (bicyclic) bond motifs is 1. The Labute approximate surface area is 128 Å². The molecule has 0 saturated carbocycles. The topological polar surface area (TPSA) is 29.5 Å². The smallest absolute Gasteiger partial charge is 0.176 e. The maximum Gasteiger partial charge on any atom is 0.176 e. The molecule has 1 aromatic rings. The lowest BCUT2D eigenvalue weighted by Gasteiger charge is -2.25. The lowest BCUT2D eigenvalue weighted by Crippen LogP contribution is -2.36. The largest absolute Gasteiger partial charge is 0.493 e. The minimum Gasteiger partial charge on any atom is -0.493 e. The normalized spacial score (nSPS) is 13.6. The first kappa shape index (κ1) is 16.0. The summed E-state index contributed by atoms with van der Waals surface area (Å²) < 4.78 is 5.50. The van der Waals surface area contributed by atoms with E-state index in [0.717, 1.165) is 30.9 Å². The Hall–Kier alpha value is -1.35. The van der Waals surface area contributed by atoms with E-state index in [4.69, 9.17) is 4.74 Å². The molecule has 1 aromatic carbocycles. The monoisotopic (exact) mass is 289 g/mol. The van der Waals surface area contributed by atoms with Crippen molar-refractivity contribution in [2.24, 2.45) is 0 Å². The lowest BCUT2D eigenvalue weighted by molar-refractivity contribution is 0.0903. The van der Waals surface area contributed by atoms with Gasteiger partial charge in [-0.3, -0.25) is 9.69 Å². The van der Waals surface area contributed by atoms with Crippen LogP contribution >= 0.6 is 0 Å². The summed E-state index contributed by atoms with van der Waals surface area (Å²) in [5.74, 6) is 1.16. The molecule has 1 heterocycles. The molecule has 1 aliphatic heterocycles. The summed E-state index contributed by atoms with van der Waals surface area (Å²) in [7, 11) is 0. The van der Waals surface area contributed by atoms with Gasteiger partial charge in [-0.2, -0.15) is 0 Å². The number of carbonyl (C=O) groups is 1. The standard InChI is InChI=1S/C18H27NO2/c1-4-5-6-10-19(14(2)3)13-17(20)15-7-8-18-16(12-15)9-11-21-18/h7-8,12,14H,4-6,9-11,13H2,1-3H3. The first-order valence-electron chi connectivity index (χ1n) is 8.14. The van der Waals surface area contributed by atoms with E-state index >= 15 is 0 Å². The Kier molecular flexibility index (Phi) is 5.80. The number of ether oxygens (including phenoxy) is 1. The van der Waals surface area contributed by atoms with E-state index in [1.54, 1.807) is 0 Å². The van der Waals surface area contributed by atoms with Crippen LogP contribution in [0, 0.1) is 0 Å². The number of rotatable bonds is 8. The van der Waals surface area contributed by atoms with Crippen molar-refractivity contribution >= 4 is 5.78 Å². The molecule has 116 valence electrons. The third-order valence-corrected chi connectivity index (χ3v) is 4.14. The summed E-state index contributed by atoms with van der Waals surface area (Å²) in [5.41, 5.74) is 1.99. The zero-order valence-corrected chi connectivity index (χ0v) is 13.5. The minimum absolute atomic E-state index is 0.217. The van der Waals surface area contributed by atoms with Gasteiger partial charge in [0.05, 0.1) is 13.2 Å².